The molecule has 2 atom stereocenters. The fourth-order valence-electron chi connectivity index (χ4n) is 3.72. The number of aliphatic hydroxyl groups is 1. The van der Waals surface area contributed by atoms with Gasteiger partial charge in [0.1, 0.15) is 11.9 Å². The Balaban J connectivity index is 1.65. The van der Waals surface area contributed by atoms with E-state index in [0.29, 0.717) is 20.2 Å². The van der Waals surface area contributed by atoms with E-state index in [0.717, 1.165) is 23.5 Å². The molecule has 0 radical (unpaired) electrons. The number of fused-ring (bicyclic) bond motifs is 1. The Morgan fingerprint density at radius 1 is 0.971 bits per heavy atom. The molecule has 34 heavy (non-hydrogen) atoms. The summed E-state index contributed by atoms with van der Waals surface area (Å²) in [6.07, 6.45) is -5.58. The van der Waals surface area contributed by atoms with Crippen LogP contribution >= 0.6 is 22.9 Å². The Labute approximate surface area is 201 Å². The third kappa shape index (κ3) is 5.24. The monoisotopic (exact) mass is 507 g/mol. The normalized spacial score (nSPS) is 13.6. The van der Waals surface area contributed by atoms with Gasteiger partial charge in [-0.15, -0.1) is 11.3 Å². The van der Waals surface area contributed by atoms with Crippen LogP contribution in [0.2, 0.25) is 4.34 Å². The number of aliphatic hydroxyl groups excluding tert-OH is 1. The molecule has 0 aliphatic heterocycles. The van der Waals surface area contributed by atoms with E-state index in [-0.39, 0.29) is 17.4 Å². The molecule has 4 rings (SSSR count). The van der Waals surface area contributed by atoms with E-state index in [4.69, 9.17) is 11.6 Å². The van der Waals surface area contributed by atoms with Gasteiger partial charge >= 0.3 is 6.18 Å². The molecule has 0 aliphatic carbocycles. The number of halogens is 5. The predicted molar refractivity (Wildman–Crippen MR) is 125 cm³/mol. The number of carbonyl (C=O) groups excluding carboxylic acids is 1. The molecule has 1 aromatic heterocycles. The minimum absolute atomic E-state index is 0.0552. The van der Waals surface area contributed by atoms with Gasteiger partial charge in [-0.3, -0.25) is 4.79 Å². The molecule has 3 nitrogen and oxygen atoms in total. The zero-order chi connectivity index (χ0) is 24.5. The average molecular weight is 508 g/mol. The maximum Gasteiger partial charge on any atom is 0.416 e. The third-order valence-corrected chi connectivity index (χ3v) is 6.74. The Bertz CT molecular complexity index is 1320. The van der Waals surface area contributed by atoms with Gasteiger partial charge in [-0.05, 0) is 53.8 Å². The molecule has 0 fully saturated rings. The SMILES string of the molecule is O=C(NC(Cc1ccc(C(F)(F)F)cc1)C(O)c1ccc(Cl)s1)c1ccc(F)c2ccccc12. The Kier molecular flexibility index (Phi) is 6.93. The van der Waals surface area contributed by atoms with E-state index in [2.05, 4.69) is 5.32 Å². The van der Waals surface area contributed by atoms with E-state index in [9.17, 15) is 27.5 Å². The highest BCUT2D eigenvalue weighted by molar-refractivity contribution is 7.16. The van der Waals surface area contributed by atoms with Crippen molar-refractivity contribution < 1.29 is 27.5 Å². The smallest absolute Gasteiger partial charge is 0.385 e. The van der Waals surface area contributed by atoms with Crippen LogP contribution in [-0.2, 0) is 12.6 Å². The highest BCUT2D eigenvalue weighted by Gasteiger charge is 2.31. The van der Waals surface area contributed by atoms with Crippen molar-refractivity contribution in [2.75, 3.05) is 0 Å². The van der Waals surface area contributed by atoms with Gasteiger partial charge in [-0.2, -0.15) is 13.2 Å². The standard InChI is InChI=1S/C25H18ClF4NO2S/c26-22-12-11-21(34-22)23(32)20(13-14-5-7-15(8-6-14)25(28,29)30)31-24(33)18-9-10-19(27)17-4-2-1-3-16(17)18/h1-12,20,23,32H,13H2,(H,31,33). The lowest BCUT2D eigenvalue weighted by Gasteiger charge is -2.24. The predicted octanol–water partition coefficient (Wildman–Crippen LogP) is 6.79. The largest absolute Gasteiger partial charge is 0.416 e. The number of rotatable bonds is 6. The summed E-state index contributed by atoms with van der Waals surface area (Å²) in [5.41, 5.74) is -0.0880. The molecule has 0 saturated carbocycles. The maximum absolute atomic E-state index is 14.2. The van der Waals surface area contributed by atoms with Crippen LogP contribution in [0.5, 0.6) is 0 Å². The molecule has 9 heteroatoms. The van der Waals surface area contributed by atoms with Crippen molar-refractivity contribution in [3.05, 3.63) is 105 Å². The van der Waals surface area contributed by atoms with E-state index in [1.165, 1.54) is 24.3 Å². The van der Waals surface area contributed by atoms with Crippen molar-refractivity contribution >= 4 is 39.6 Å². The summed E-state index contributed by atoms with van der Waals surface area (Å²) in [6.45, 7) is 0. The molecular weight excluding hydrogens is 490 g/mol. The minimum atomic E-state index is -4.47. The molecule has 176 valence electrons. The molecule has 1 amide bonds. The Morgan fingerprint density at radius 3 is 2.26 bits per heavy atom. The Hall–Kier alpha value is -2.94. The average Bonchev–Trinajstić information content (AvgIpc) is 3.24. The van der Waals surface area contributed by atoms with Crippen LogP contribution < -0.4 is 5.32 Å². The van der Waals surface area contributed by atoms with Crippen LogP contribution in [0.1, 0.15) is 32.5 Å². The zero-order valence-electron chi connectivity index (χ0n) is 17.4. The van der Waals surface area contributed by atoms with E-state index in [1.54, 1.807) is 36.4 Å². The molecule has 0 bridgehead atoms. The van der Waals surface area contributed by atoms with Gasteiger partial charge in [0.25, 0.3) is 5.91 Å². The van der Waals surface area contributed by atoms with Gasteiger partial charge < -0.3 is 10.4 Å². The second kappa shape index (κ2) is 9.74. The van der Waals surface area contributed by atoms with Gasteiger partial charge in [-0.1, -0.05) is 48.0 Å². The van der Waals surface area contributed by atoms with Crippen molar-refractivity contribution in [3.63, 3.8) is 0 Å². The summed E-state index contributed by atoms with van der Waals surface area (Å²) in [5.74, 6) is -1.02. The van der Waals surface area contributed by atoms with Gasteiger partial charge in [0, 0.05) is 15.8 Å². The second-order valence-corrected chi connectivity index (χ2v) is 9.45. The first-order valence-electron chi connectivity index (χ1n) is 10.2. The van der Waals surface area contributed by atoms with E-state index >= 15 is 0 Å². The lowest BCUT2D eigenvalue weighted by atomic mass is 9.97. The first-order chi connectivity index (χ1) is 16.1. The molecule has 2 unspecified atom stereocenters. The molecule has 0 saturated heterocycles. The first kappa shape index (κ1) is 24.2. The van der Waals surface area contributed by atoms with Crippen molar-refractivity contribution in [3.8, 4) is 0 Å². The minimum Gasteiger partial charge on any atom is -0.385 e. The number of benzene rings is 3. The van der Waals surface area contributed by atoms with Crippen LogP contribution in [0.3, 0.4) is 0 Å². The lowest BCUT2D eigenvalue weighted by molar-refractivity contribution is -0.137. The van der Waals surface area contributed by atoms with Crippen molar-refractivity contribution in [2.24, 2.45) is 0 Å². The summed E-state index contributed by atoms with van der Waals surface area (Å²) in [4.78, 5) is 13.7. The fourth-order valence-corrected chi connectivity index (χ4v) is 4.83. The van der Waals surface area contributed by atoms with Crippen molar-refractivity contribution in [1.29, 1.82) is 0 Å². The molecule has 1 heterocycles. The second-order valence-electron chi connectivity index (χ2n) is 7.71. The zero-order valence-corrected chi connectivity index (χ0v) is 19.0. The van der Waals surface area contributed by atoms with Gasteiger partial charge in [-0.25, -0.2) is 4.39 Å². The topological polar surface area (TPSA) is 49.3 Å². The summed E-state index contributed by atoms with van der Waals surface area (Å²) >= 11 is 7.12. The summed E-state index contributed by atoms with van der Waals surface area (Å²) in [6, 6.07) is 15.9. The fraction of sp³-hybridized carbons (Fsp3) is 0.160. The van der Waals surface area contributed by atoms with Crippen LogP contribution in [-0.4, -0.2) is 17.1 Å². The number of thiophene rings is 1. The molecule has 0 aliphatic rings. The van der Waals surface area contributed by atoms with Gasteiger partial charge in [0.15, 0.2) is 0 Å². The number of hydrogen-bond donors (Lipinski definition) is 2. The van der Waals surface area contributed by atoms with Crippen molar-refractivity contribution in [1.82, 2.24) is 5.32 Å². The molecule has 4 aromatic rings. The van der Waals surface area contributed by atoms with Crippen molar-refractivity contribution in [2.45, 2.75) is 24.7 Å². The Morgan fingerprint density at radius 2 is 1.65 bits per heavy atom. The quantitative estimate of drug-likeness (QED) is 0.282. The number of amides is 1. The molecule has 2 N–H and O–H groups in total. The number of alkyl halides is 3. The highest BCUT2D eigenvalue weighted by atomic mass is 35.5. The van der Waals surface area contributed by atoms with E-state index < -0.39 is 35.6 Å². The van der Waals surface area contributed by atoms with Crippen LogP contribution in [0, 0.1) is 5.82 Å². The first-order valence-corrected chi connectivity index (χ1v) is 11.4. The molecular formula is C25H18ClF4NO2S. The van der Waals surface area contributed by atoms with E-state index in [1.807, 2.05) is 0 Å². The van der Waals surface area contributed by atoms with Crippen LogP contribution in [0.4, 0.5) is 17.6 Å². The van der Waals surface area contributed by atoms with Gasteiger partial charge in [0.2, 0.25) is 0 Å². The highest BCUT2D eigenvalue weighted by Crippen LogP contribution is 2.32. The number of nitrogens with one attached hydrogen (secondary N) is 1. The molecule has 3 aromatic carbocycles. The van der Waals surface area contributed by atoms with Crippen LogP contribution in [0.25, 0.3) is 10.8 Å². The van der Waals surface area contributed by atoms with Crippen LogP contribution in [0.15, 0.2) is 72.8 Å². The maximum atomic E-state index is 14.2. The molecule has 0 spiro atoms. The summed E-state index contributed by atoms with van der Waals surface area (Å²) < 4.78 is 53.4. The summed E-state index contributed by atoms with van der Waals surface area (Å²) in [7, 11) is 0. The summed E-state index contributed by atoms with van der Waals surface area (Å²) in [5, 5.41) is 14.4. The number of hydrogen-bond acceptors (Lipinski definition) is 3. The number of carbonyl (C=O) groups is 1. The third-order valence-electron chi connectivity index (χ3n) is 5.44. The lowest BCUT2D eigenvalue weighted by Crippen LogP contribution is -2.40. The van der Waals surface area contributed by atoms with Gasteiger partial charge in [0.05, 0.1) is 15.9 Å².